The van der Waals surface area contributed by atoms with Crippen molar-refractivity contribution >= 4 is 25.4 Å². The molecular formula is C9H8ClF2NO6S. The van der Waals surface area contributed by atoms with E-state index < -0.39 is 42.7 Å². The Morgan fingerprint density at radius 1 is 1.45 bits per heavy atom. The highest BCUT2D eigenvalue weighted by Crippen LogP contribution is 2.41. The molecule has 1 aromatic carbocycles. The van der Waals surface area contributed by atoms with E-state index in [0.29, 0.717) is 12.1 Å². The van der Waals surface area contributed by atoms with E-state index in [0.717, 1.165) is 0 Å². The predicted molar refractivity (Wildman–Crippen MR) is 63.9 cm³/mol. The Bertz CT molecular complexity index is 621. The second-order valence-electron chi connectivity index (χ2n) is 3.28. The van der Waals surface area contributed by atoms with Gasteiger partial charge in [-0.3, -0.25) is 10.1 Å². The summed E-state index contributed by atoms with van der Waals surface area (Å²) in [6.45, 7) is -1.93. The summed E-state index contributed by atoms with van der Waals surface area (Å²) < 4.78 is 55.8. The van der Waals surface area contributed by atoms with Gasteiger partial charge in [0.15, 0.2) is 5.75 Å². The van der Waals surface area contributed by atoms with Gasteiger partial charge in [-0.2, -0.15) is 8.78 Å². The second-order valence-corrected chi connectivity index (χ2v) is 5.84. The van der Waals surface area contributed by atoms with Gasteiger partial charge < -0.3 is 9.47 Å². The van der Waals surface area contributed by atoms with Gasteiger partial charge in [0.05, 0.1) is 16.4 Å². The molecule has 112 valence electrons. The Labute approximate surface area is 116 Å². The van der Waals surface area contributed by atoms with Crippen molar-refractivity contribution in [1.29, 1.82) is 0 Å². The number of nitrogens with zero attached hydrogens (tertiary/aromatic N) is 1. The number of ether oxygens (including phenoxy) is 2. The fourth-order valence-corrected chi connectivity index (χ4v) is 2.08. The molecule has 0 aromatic heterocycles. The minimum Gasteiger partial charge on any atom is -0.485 e. The van der Waals surface area contributed by atoms with Crippen LogP contribution in [0.25, 0.3) is 0 Å². The number of benzene rings is 1. The van der Waals surface area contributed by atoms with Gasteiger partial charge in [0.2, 0.25) is 5.75 Å². The van der Waals surface area contributed by atoms with Gasteiger partial charge >= 0.3 is 12.3 Å². The highest BCUT2D eigenvalue weighted by Gasteiger charge is 2.27. The van der Waals surface area contributed by atoms with Crippen LogP contribution in [0, 0.1) is 10.1 Å². The lowest BCUT2D eigenvalue weighted by Crippen LogP contribution is -2.07. The van der Waals surface area contributed by atoms with Crippen molar-refractivity contribution in [3.8, 4) is 11.5 Å². The van der Waals surface area contributed by atoms with Crippen molar-refractivity contribution in [2.75, 3.05) is 6.61 Å². The summed E-state index contributed by atoms with van der Waals surface area (Å²) in [5.74, 6) is -1.38. The van der Waals surface area contributed by atoms with Crippen molar-refractivity contribution in [2.24, 2.45) is 0 Å². The maximum atomic E-state index is 12.3. The van der Waals surface area contributed by atoms with Crippen LogP contribution >= 0.6 is 10.7 Å². The highest BCUT2D eigenvalue weighted by molar-refractivity contribution is 8.13. The topological polar surface area (TPSA) is 95.7 Å². The van der Waals surface area contributed by atoms with Gasteiger partial charge in [-0.1, -0.05) is 0 Å². The summed E-state index contributed by atoms with van der Waals surface area (Å²) in [7, 11) is 0.677. The van der Waals surface area contributed by atoms with Gasteiger partial charge in [-0.25, -0.2) is 8.42 Å². The first-order chi connectivity index (χ1) is 9.16. The highest BCUT2D eigenvalue weighted by atomic mass is 35.7. The van der Waals surface area contributed by atoms with Crippen LogP contribution < -0.4 is 9.47 Å². The van der Waals surface area contributed by atoms with E-state index in [1.807, 2.05) is 0 Å². The van der Waals surface area contributed by atoms with E-state index in [2.05, 4.69) is 4.74 Å². The molecule has 1 aromatic rings. The molecule has 7 nitrogen and oxygen atoms in total. The Morgan fingerprint density at radius 3 is 2.45 bits per heavy atom. The Balaban J connectivity index is 3.58. The van der Waals surface area contributed by atoms with Crippen molar-refractivity contribution in [2.45, 2.75) is 18.4 Å². The Hall–Kier alpha value is -1.68. The number of hydrogen-bond acceptors (Lipinski definition) is 6. The molecular weight excluding hydrogens is 324 g/mol. The average Bonchev–Trinajstić information content (AvgIpc) is 2.28. The zero-order valence-electron chi connectivity index (χ0n) is 9.88. The predicted octanol–water partition coefficient (Wildman–Crippen LogP) is 2.52. The molecule has 0 unspecified atom stereocenters. The third kappa shape index (κ3) is 3.90. The first-order valence-electron chi connectivity index (χ1n) is 5.01. The summed E-state index contributed by atoms with van der Waals surface area (Å²) in [4.78, 5) is 9.12. The van der Waals surface area contributed by atoms with Crippen LogP contribution in [0.15, 0.2) is 17.0 Å². The van der Waals surface area contributed by atoms with Crippen LogP contribution in [-0.2, 0) is 9.05 Å². The summed E-state index contributed by atoms with van der Waals surface area (Å²) in [6.07, 6.45) is 0. The summed E-state index contributed by atoms with van der Waals surface area (Å²) >= 11 is 0. The zero-order chi connectivity index (χ0) is 15.5. The number of alkyl halides is 2. The molecule has 0 atom stereocenters. The standard InChI is InChI=1S/C9H8ClF2NO6S/c1-2-18-8-6(13(14)15)3-5(20(10,16)17)4-7(8)19-9(11)12/h3-4,9H,2H2,1H3. The van der Waals surface area contributed by atoms with Crippen LogP contribution in [0.5, 0.6) is 11.5 Å². The molecule has 0 aliphatic heterocycles. The first kappa shape index (κ1) is 16.4. The van der Waals surface area contributed by atoms with E-state index >= 15 is 0 Å². The van der Waals surface area contributed by atoms with Gasteiger partial charge in [-0.05, 0) is 6.92 Å². The number of hydrogen-bond donors (Lipinski definition) is 0. The van der Waals surface area contributed by atoms with Crippen LogP contribution in [0.3, 0.4) is 0 Å². The van der Waals surface area contributed by atoms with Gasteiger partial charge in [0.1, 0.15) is 0 Å². The zero-order valence-corrected chi connectivity index (χ0v) is 11.5. The quantitative estimate of drug-likeness (QED) is 0.451. The molecule has 20 heavy (non-hydrogen) atoms. The van der Waals surface area contributed by atoms with Gasteiger partial charge in [-0.15, -0.1) is 0 Å². The number of nitro benzene ring substituents is 1. The van der Waals surface area contributed by atoms with Crippen LogP contribution in [-0.4, -0.2) is 26.6 Å². The van der Waals surface area contributed by atoms with Crippen molar-refractivity contribution < 1.29 is 31.6 Å². The number of halogens is 3. The molecule has 0 aliphatic rings. The Morgan fingerprint density at radius 2 is 2.05 bits per heavy atom. The monoisotopic (exact) mass is 331 g/mol. The summed E-state index contributed by atoms with van der Waals surface area (Å²) in [5.41, 5.74) is -0.843. The minimum atomic E-state index is -4.36. The van der Waals surface area contributed by atoms with E-state index in [4.69, 9.17) is 15.4 Å². The maximum Gasteiger partial charge on any atom is 0.387 e. The second kappa shape index (κ2) is 6.18. The average molecular weight is 332 g/mol. The largest absolute Gasteiger partial charge is 0.485 e. The number of nitro groups is 1. The first-order valence-corrected chi connectivity index (χ1v) is 7.32. The van der Waals surface area contributed by atoms with E-state index in [-0.39, 0.29) is 6.61 Å². The van der Waals surface area contributed by atoms with Gasteiger partial charge in [0, 0.05) is 22.8 Å². The summed E-state index contributed by atoms with van der Waals surface area (Å²) in [5, 5.41) is 10.9. The number of rotatable bonds is 6. The van der Waals surface area contributed by atoms with Crippen LogP contribution in [0.1, 0.15) is 6.92 Å². The summed E-state index contributed by atoms with van der Waals surface area (Å²) in [6, 6.07) is 1.23. The molecule has 0 aliphatic carbocycles. The molecule has 0 amide bonds. The van der Waals surface area contributed by atoms with Crippen molar-refractivity contribution in [3.05, 3.63) is 22.2 Å². The Kier molecular flexibility index (Phi) is 5.06. The third-order valence-corrected chi connectivity index (χ3v) is 3.33. The normalized spacial score (nSPS) is 11.4. The maximum absolute atomic E-state index is 12.3. The lowest BCUT2D eigenvalue weighted by molar-refractivity contribution is -0.386. The minimum absolute atomic E-state index is 0.0760. The third-order valence-electron chi connectivity index (χ3n) is 1.99. The fourth-order valence-electron chi connectivity index (χ4n) is 1.31. The van der Waals surface area contributed by atoms with E-state index in [9.17, 15) is 27.3 Å². The molecule has 0 bridgehead atoms. The van der Waals surface area contributed by atoms with Crippen molar-refractivity contribution in [1.82, 2.24) is 0 Å². The molecule has 0 fully saturated rings. The van der Waals surface area contributed by atoms with Crippen molar-refractivity contribution in [3.63, 3.8) is 0 Å². The molecule has 11 heteroatoms. The van der Waals surface area contributed by atoms with E-state index in [1.54, 1.807) is 0 Å². The molecule has 0 saturated carbocycles. The molecule has 1 rings (SSSR count). The van der Waals surface area contributed by atoms with Gasteiger partial charge in [0.25, 0.3) is 9.05 Å². The van der Waals surface area contributed by atoms with E-state index in [1.165, 1.54) is 6.92 Å². The lowest BCUT2D eigenvalue weighted by atomic mass is 10.2. The fraction of sp³-hybridized carbons (Fsp3) is 0.333. The van der Waals surface area contributed by atoms with Crippen LogP contribution in [0.2, 0.25) is 0 Å². The molecule has 0 spiro atoms. The SMILES string of the molecule is CCOc1c(OC(F)F)cc(S(=O)(=O)Cl)cc1[N+](=O)[O-]. The molecule has 0 saturated heterocycles. The molecule has 0 radical (unpaired) electrons. The smallest absolute Gasteiger partial charge is 0.387 e. The molecule has 0 heterocycles. The van der Waals surface area contributed by atoms with Crippen LogP contribution in [0.4, 0.5) is 14.5 Å². The molecule has 0 N–H and O–H groups in total. The lowest BCUT2D eigenvalue weighted by Gasteiger charge is -2.12.